The molecule has 24 heavy (non-hydrogen) atoms. The molecule has 4 heteroatoms. The third kappa shape index (κ3) is 4.79. The van der Waals surface area contributed by atoms with Crippen LogP contribution in [-0.2, 0) is 9.47 Å². The molecule has 2 unspecified atom stereocenters. The summed E-state index contributed by atoms with van der Waals surface area (Å²) in [5, 5.41) is 3.95. The van der Waals surface area contributed by atoms with E-state index in [0.717, 1.165) is 52.3 Å². The Hall–Kier alpha value is -0.940. The van der Waals surface area contributed by atoms with Crippen LogP contribution in [0.15, 0.2) is 24.3 Å². The van der Waals surface area contributed by atoms with Crippen molar-refractivity contribution in [3.05, 3.63) is 35.4 Å². The van der Waals surface area contributed by atoms with Gasteiger partial charge in [-0.05, 0) is 44.7 Å². The van der Waals surface area contributed by atoms with E-state index in [1.165, 1.54) is 11.1 Å². The Labute approximate surface area is 146 Å². The van der Waals surface area contributed by atoms with Crippen LogP contribution in [0, 0.1) is 6.92 Å². The Bertz CT molecular complexity index is 526. The summed E-state index contributed by atoms with van der Waals surface area (Å²) in [5.74, 6) is 0. The van der Waals surface area contributed by atoms with E-state index in [0.29, 0.717) is 12.1 Å². The van der Waals surface area contributed by atoms with Crippen molar-refractivity contribution in [3.8, 4) is 0 Å². The first-order valence-electron chi connectivity index (χ1n) is 9.29. The highest BCUT2D eigenvalue weighted by Crippen LogP contribution is 2.27. The topological polar surface area (TPSA) is 33.7 Å². The summed E-state index contributed by atoms with van der Waals surface area (Å²) < 4.78 is 11.4. The van der Waals surface area contributed by atoms with Gasteiger partial charge in [-0.3, -0.25) is 4.90 Å². The molecule has 2 aliphatic rings. The lowest BCUT2D eigenvalue weighted by Crippen LogP contribution is -2.48. The van der Waals surface area contributed by atoms with Crippen LogP contribution in [0.25, 0.3) is 0 Å². The summed E-state index contributed by atoms with van der Waals surface area (Å²) in [4.78, 5) is 2.53. The molecule has 0 aliphatic carbocycles. The summed E-state index contributed by atoms with van der Waals surface area (Å²) in [6.45, 7) is 12.3. The highest BCUT2D eigenvalue weighted by Gasteiger charge is 2.31. The lowest BCUT2D eigenvalue weighted by molar-refractivity contribution is -0.0650. The summed E-state index contributed by atoms with van der Waals surface area (Å²) in [5.41, 5.74) is 2.77. The first-order chi connectivity index (χ1) is 11.5. The Morgan fingerprint density at radius 3 is 2.67 bits per heavy atom. The maximum absolute atomic E-state index is 5.89. The average Bonchev–Trinajstić information content (AvgIpc) is 2.55. The van der Waals surface area contributed by atoms with Crippen LogP contribution in [-0.4, -0.2) is 56.0 Å². The highest BCUT2D eigenvalue weighted by molar-refractivity contribution is 5.29. The van der Waals surface area contributed by atoms with E-state index in [-0.39, 0.29) is 5.60 Å². The molecule has 2 atom stereocenters. The summed E-state index contributed by atoms with van der Waals surface area (Å²) in [6.07, 6.45) is 2.16. The zero-order valence-corrected chi connectivity index (χ0v) is 15.4. The fourth-order valence-electron chi connectivity index (χ4n) is 3.92. The summed E-state index contributed by atoms with van der Waals surface area (Å²) >= 11 is 0. The van der Waals surface area contributed by atoms with Crippen LogP contribution in [0.1, 0.15) is 43.9 Å². The van der Waals surface area contributed by atoms with Crippen molar-refractivity contribution in [3.63, 3.8) is 0 Å². The van der Waals surface area contributed by atoms with E-state index >= 15 is 0 Å². The zero-order chi connectivity index (χ0) is 17.0. The molecule has 0 saturated carbocycles. The molecule has 4 nitrogen and oxygen atoms in total. The van der Waals surface area contributed by atoms with Crippen LogP contribution in [0.3, 0.4) is 0 Å². The largest absolute Gasteiger partial charge is 0.379 e. The molecule has 134 valence electrons. The number of hydrogen-bond acceptors (Lipinski definition) is 4. The highest BCUT2D eigenvalue weighted by atomic mass is 16.5. The van der Waals surface area contributed by atoms with Crippen LogP contribution in [0.5, 0.6) is 0 Å². The van der Waals surface area contributed by atoms with Gasteiger partial charge >= 0.3 is 0 Å². The van der Waals surface area contributed by atoms with Gasteiger partial charge in [-0.25, -0.2) is 0 Å². The number of nitrogens with zero attached hydrogens (tertiary/aromatic N) is 1. The molecule has 0 aromatic heterocycles. The predicted molar refractivity (Wildman–Crippen MR) is 97.4 cm³/mol. The number of aryl methyl sites for hydroxylation is 1. The molecule has 0 radical (unpaired) electrons. The molecule has 0 amide bonds. The minimum atomic E-state index is -0.0227. The molecule has 2 fully saturated rings. The molecule has 2 saturated heterocycles. The predicted octanol–water partition coefficient (Wildman–Crippen LogP) is 2.92. The lowest BCUT2D eigenvalue weighted by Gasteiger charge is -2.39. The summed E-state index contributed by atoms with van der Waals surface area (Å²) in [7, 11) is 0. The number of nitrogens with one attached hydrogen (secondary N) is 1. The van der Waals surface area contributed by atoms with Gasteiger partial charge in [-0.2, -0.15) is 0 Å². The van der Waals surface area contributed by atoms with E-state index in [9.17, 15) is 0 Å². The van der Waals surface area contributed by atoms with Crippen molar-refractivity contribution in [1.29, 1.82) is 0 Å². The number of benzene rings is 1. The monoisotopic (exact) mass is 332 g/mol. The SMILES string of the molecule is Cc1ccccc1C(CN1CCOCC1)NC1CCOC(C)(C)C1. The first-order valence-corrected chi connectivity index (χ1v) is 9.29. The van der Waals surface area contributed by atoms with Crippen LogP contribution >= 0.6 is 0 Å². The van der Waals surface area contributed by atoms with Crippen molar-refractivity contribution >= 4 is 0 Å². The molecule has 0 spiro atoms. The van der Waals surface area contributed by atoms with Crippen molar-refractivity contribution in [2.24, 2.45) is 0 Å². The second-order valence-electron chi connectivity index (χ2n) is 7.79. The van der Waals surface area contributed by atoms with Crippen molar-refractivity contribution < 1.29 is 9.47 Å². The van der Waals surface area contributed by atoms with Gasteiger partial charge in [0.15, 0.2) is 0 Å². The minimum Gasteiger partial charge on any atom is -0.379 e. The number of hydrogen-bond donors (Lipinski definition) is 1. The second kappa shape index (κ2) is 7.96. The van der Waals surface area contributed by atoms with Gasteiger partial charge in [-0.15, -0.1) is 0 Å². The van der Waals surface area contributed by atoms with Gasteiger partial charge in [0.05, 0.1) is 18.8 Å². The maximum Gasteiger partial charge on any atom is 0.0641 e. The fourth-order valence-corrected chi connectivity index (χ4v) is 3.92. The van der Waals surface area contributed by atoms with Gasteiger partial charge < -0.3 is 14.8 Å². The Morgan fingerprint density at radius 1 is 1.21 bits per heavy atom. The molecule has 0 bridgehead atoms. The third-order valence-electron chi connectivity index (χ3n) is 5.24. The molecule has 1 N–H and O–H groups in total. The van der Waals surface area contributed by atoms with Gasteiger partial charge in [0.1, 0.15) is 0 Å². The molecule has 1 aromatic rings. The van der Waals surface area contributed by atoms with E-state index < -0.39 is 0 Å². The second-order valence-corrected chi connectivity index (χ2v) is 7.79. The number of morpholine rings is 1. The average molecular weight is 332 g/mol. The van der Waals surface area contributed by atoms with Gasteiger partial charge in [0.25, 0.3) is 0 Å². The number of ether oxygens (including phenoxy) is 2. The zero-order valence-electron chi connectivity index (χ0n) is 15.4. The molecule has 3 rings (SSSR count). The number of rotatable bonds is 5. The van der Waals surface area contributed by atoms with Crippen molar-refractivity contribution in [2.75, 3.05) is 39.5 Å². The Morgan fingerprint density at radius 2 is 1.96 bits per heavy atom. The standard InChI is InChI=1S/C20H32N2O2/c1-16-6-4-5-7-18(16)19(15-22-9-12-23-13-10-22)21-17-8-11-24-20(2,3)14-17/h4-7,17,19,21H,8-15H2,1-3H3. The molecule has 2 aliphatic heterocycles. The van der Waals surface area contributed by atoms with Crippen LogP contribution < -0.4 is 5.32 Å². The summed E-state index contributed by atoms with van der Waals surface area (Å²) in [6, 6.07) is 9.66. The quantitative estimate of drug-likeness (QED) is 0.899. The molecular weight excluding hydrogens is 300 g/mol. The lowest BCUT2D eigenvalue weighted by atomic mass is 9.92. The smallest absolute Gasteiger partial charge is 0.0641 e. The normalized spacial score (nSPS) is 26.2. The van der Waals surface area contributed by atoms with Gasteiger partial charge in [0.2, 0.25) is 0 Å². The first kappa shape index (κ1) is 17.9. The maximum atomic E-state index is 5.89. The van der Waals surface area contributed by atoms with Crippen LogP contribution in [0.2, 0.25) is 0 Å². The van der Waals surface area contributed by atoms with E-state index in [1.807, 2.05) is 0 Å². The van der Waals surface area contributed by atoms with Crippen LogP contribution in [0.4, 0.5) is 0 Å². The van der Waals surface area contributed by atoms with Crippen molar-refractivity contribution in [2.45, 2.75) is 51.3 Å². The van der Waals surface area contributed by atoms with E-state index in [1.54, 1.807) is 0 Å². The van der Waals surface area contributed by atoms with Gasteiger partial charge in [0, 0.05) is 38.3 Å². The molecule has 2 heterocycles. The van der Waals surface area contributed by atoms with E-state index in [4.69, 9.17) is 9.47 Å². The molecule has 1 aromatic carbocycles. The minimum absolute atomic E-state index is 0.0227. The third-order valence-corrected chi connectivity index (χ3v) is 5.24. The van der Waals surface area contributed by atoms with E-state index in [2.05, 4.69) is 55.3 Å². The van der Waals surface area contributed by atoms with Crippen molar-refractivity contribution in [1.82, 2.24) is 10.2 Å². The fraction of sp³-hybridized carbons (Fsp3) is 0.700. The van der Waals surface area contributed by atoms with Gasteiger partial charge in [-0.1, -0.05) is 24.3 Å². The molecular formula is C20H32N2O2. The Balaban J connectivity index is 1.72. The Kier molecular flexibility index (Phi) is 5.93.